The van der Waals surface area contributed by atoms with Crippen molar-refractivity contribution in [2.45, 2.75) is 45.9 Å². The summed E-state index contributed by atoms with van der Waals surface area (Å²) in [5, 5.41) is 2.95. The summed E-state index contributed by atoms with van der Waals surface area (Å²) in [6.07, 6.45) is 2.09. The Bertz CT molecular complexity index is 427. The first-order valence-electron chi connectivity index (χ1n) is 6.99. The molecule has 0 heterocycles. The zero-order valence-corrected chi connectivity index (χ0v) is 13.1. The molecule has 0 saturated heterocycles. The highest BCUT2D eigenvalue weighted by Gasteiger charge is 2.17. The molecule has 0 aliphatic rings. The molecule has 0 bridgehead atoms. The number of carbonyl (C=O) groups excluding carboxylic acids is 1. The zero-order chi connectivity index (χ0) is 14.4. The van der Waals surface area contributed by atoms with Crippen molar-refractivity contribution in [3.05, 3.63) is 34.9 Å². The molecule has 1 rings (SSSR count). The van der Waals surface area contributed by atoms with Gasteiger partial charge in [-0.15, -0.1) is 11.6 Å². The summed E-state index contributed by atoms with van der Waals surface area (Å²) in [6, 6.07) is 5.79. The van der Waals surface area contributed by atoms with E-state index in [1.165, 1.54) is 0 Å². The van der Waals surface area contributed by atoms with E-state index in [1.807, 2.05) is 32.0 Å². The Morgan fingerprint density at radius 3 is 2.47 bits per heavy atom. The van der Waals surface area contributed by atoms with Crippen LogP contribution in [0.3, 0.4) is 0 Å². The Morgan fingerprint density at radius 2 is 1.89 bits per heavy atom. The normalized spacial score (nSPS) is 12.5. The highest BCUT2D eigenvalue weighted by molar-refractivity contribution is 6.21. The van der Waals surface area contributed by atoms with E-state index in [2.05, 4.69) is 19.2 Å². The van der Waals surface area contributed by atoms with Crippen LogP contribution in [0.4, 0.5) is 0 Å². The molecule has 1 unspecified atom stereocenters. The minimum absolute atomic E-state index is 0.00376. The summed E-state index contributed by atoms with van der Waals surface area (Å²) in [5.41, 5.74) is 2.91. The van der Waals surface area contributed by atoms with Crippen molar-refractivity contribution in [2.75, 3.05) is 6.54 Å². The Hall–Kier alpha value is -1.02. The molecule has 1 N–H and O–H groups in total. The second-order valence-corrected chi connectivity index (χ2v) is 5.61. The zero-order valence-electron chi connectivity index (χ0n) is 12.3. The molecule has 0 fully saturated rings. The first-order chi connectivity index (χ1) is 9.01. The van der Waals surface area contributed by atoms with E-state index in [1.54, 1.807) is 0 Å². The minimum Gasteiger partial charge on any atom is -0.351 e. The molecular formula is C16H24ClNO. The topological polar surface area (TPSA) is 29.1 Å². The monoisotopic (exact) mass is 281 g/mol. The maximum atomic E-state index is 12.2. The van der Waals surface area contributed by atoms with Crippen LogP contribution >= 0.6 is 11.6 Å². The highest BCUT2D eigenvalue weighted by Crippen LogP contribution is 2.18. The van der Waals surface area contributed by atoms with Crippen LogP contribution < -0.4 is 5.32 Å². The molecule has 106 valence electrons. The molecule has 1 aromatic rings. The summed E-state index contributed by atoms with van der Waals surface area (Å²) < 4.78 is 0. The molecule has 3 heteroatoms. The molecule has 0 aliphatic heterocycles. The van der Waals surface area contributed by atoms with Crippen molar-refractivity contribution in [1.82, 2.24) is 5.32 Å². The van der Waals surface area contributed by atoms with Gasteiger partial charge in [0.1, 0.15) is 0 Å². The van der Waals surface area contributed by atoms with Gasteiger partial charge in [0.2, 0.25) is 0 Å². The fourth-order valence-electron chi connectivity index (χ4n) is 2.25. The average molecular weight is 282 g/mol. The van der Waals surface area contributed by atoms with Crippen molar-refractivity contribution in [1.29, 1.82) is 0 Å². The Morgan fingerprint density at radius 1 is 1.26 bits per heavy atom. The molecule has 0 radical (unpaired) electrons. The summed E-state index contributed by atoms with van der Waals surface area (Å²) in [5.74, 6) is 0.429. The van der Waals surface area contributed by atoms with E-state index < -0.39 is 0 Å². The number of rotatable bonds is 6. The quantitative estimate of drug-likeness (QED) is 0.782. The Labute approximate surface area is 121 Å². The molecule has 1 aromatic carbocycles. The molecule has 1 amide bonds. The van der Waals surface area contributed by atoms with Crippen LogP contribution in [-0.4, -0.2) is 17.8 Å². The van der Waals surface area contributed by atoms with Crippen molar-refractivity contribution < 1.29 is 4.79 Å². The van der Waals surface area contributed by atoms with Crippen molar-refractivity contribution >= 4 is 17.5 Å². The predicted octanol–water partition coefficient (Wildman–Crippen LogP) is 4.08. The van der Waals surface area contributed by atoms with Crippen LogP contribution in [0.25, 0.3) is 0 Å². The lowest BCUT2D eigenvalue weighted by Crippen LogP contribution is -2.33. The molecule has 0 aromatic heterocycles. The van der Waals surface area contributed by atoms with Crippen molar-refractivity contribution in [3.8, 4) is 0 Å². The van der Waals surface area contributed by atoms with Gasteiger partial charge in [-0.1, -0.05) is 38.8 Å². The summed E-state index contributed by atoms with van der Waals surface area (Å²) in [4.78, 5) is 12.2. The first kappa shape index (κ1) is 16.0. The van der Waals surface area contributed by atoms with Crippen molar-refractivity contribution in [3.63, 3.8) is 0 Å². The third-order valence-electron chi connectivity index (χ3n) is 3.87. The van der Waals surface area contributed by atoms with Gasteiger partial charge in [0.15, 0.2) is 0 Å². The van der Waals surface area contributed by atoms with E-state index in [4.69, 9.17) is 11.6 Å². The van der Waals surface area contributed by atoms with E-state index in [0.717, 1.165) is 29.5 Å². The van der Waals surface area contributed by atoms with Crippen LogP contribution in [0, 0.1) is 19.8 Å². The first-order valence-corrected chi connectivity index (χ1v) is 7.43. The van der Waals surface area contributed by atoms with Crippen LogP contribution in [0.2, 0.25) is 0 Å². The van der Waals surface area contributed by atoms with Gasteiger partial charge in [0.25, 0.3) is 5.91 Å². The Balaban J connectivity index is 2.63. The van der Waals surface area contributed by atoms with E-state index in [9.17, 15) is 4.79 Å². The van der Waals surface area contributed by atoms with Gasteiger partial charge in [-0.05, 0) is 37.0 Å². The van der Waals surface area contributed by atoms with E-state index >= 15 is 0 Å². The molecule has 0 saturated carbocycles. The lowest BCUT2D eigenvalue weighted by molar-refractivity contribution is 0.0951. The van der Waals surface area contributed by atoms with Gasteiger partial charge in [-0.3, -0.25) is 4.79 Å². The number of hydrogen-bond donors (Lipinski definition) is 1. The number of carbonyl (C=O) groups is 1. The second kappa shape index (κ2) is 7.54. The minimum atomic E-state index is -0.0298. The van der Waals surface area contributed by atoms with E-state index in [-0.39, 0.29) is 11.3 Å². The SMILES string of the molecule is CCC(CC)C(Cl)CNC(=O)c1cccc(C)c1C. The standard InChI is InChI=1S/C16H24ClNO/c1-5-13(6-2)15(17)10-18-16(19)14-9-7-8-11(3)12(14)4/h7-9,13,15H,5-6,10H2,1-4H3,(H,18,19). The fourth-order valence-corrected chi connectivity index (χ4v) is 2.68. The van der Waals surface area contributed by atoms with Crippen LogP contribution in [-0.2, 0) is 0 Å². The third kappa shape index (κ3) is 4.24. The molecule has 0 aliphatic carbocycles. The summed E-state index contributed by atoms with van der Waals surface area (Å²) in [7, 11) is 0. The molecule has 1 atom stereocenters. The number of halogens is 1. The van der Waals surface area contributed by atoms with E-state index in [0.29, 0.717) is 12.5 Å². The molecular weight excluding hydrogens is 258 g/mol. The maximum absolute atomic E-state index is 12.2. The van der Waals surface area contributed by atoms with Crippen LogP contribution in [0.5, 0.6) is 0 Å². The second-order valence-electron chi connectivity index (χ2n) is 5.05. The Kier molecular flexibility index (Phi) is 6.36. The van der Waals surface area contributed by atoms with Gasteiger partial charge in [-0.2, -0.15) is 0 Å². The number of aryl methyl sites for hydroxylation is 1. The molecule has 19 heavy (non-hydrogen) atoms. The molecule has 0 spiro atoms. The van der Waals surface area contributed by atoms with Crippen molar-refractivity contribution in [2.24, 2.45) is 5.92 Å². The largest absolute Gasteiger partial charge is 0.351 e. The summed E-state index contributed by atoms with van der Waals surface area (Å²) in [6.45, 7) is 8.79. The average Bonchev–Trinajstić information content (AvgIpc) is 2.40. The smallest absolute Gasteiger partial charge is 0.251 e. The van der Waals surface area contributed by atoms with Crippen LogP contribution in [0.15, 0.2) is 18.2 Å². The third-order valence-corrected chi connectivity index (χ3v) is 4.38. The number of nitrogens with one attached hydrogen (secondary N) is 1. The number of hydrogen-bond acceptors (Lipinski definition) is 1. The van der Waals surface area contributed by atoms with Gasteiger partial charge in [0.05, 0.1) is 5.38 Å². The van der Waals surface area contributed by atoms with Gasteiger partial charge in [-0.25, -0.2) is 0 Å². The highest BCUT2D eigenvalue weighted by atomic mass is 35.5. The van der Waals surface area contributed by atoms with Gasteiger partial charge >= 0.3 is 0 Å². The lowest BCUT2D eigenvalue weighted by atomic mass is 9.98. The van der Waals surface area contributed by atoms with Gasteiger partial charge in [0, 0.05) is 12.1 Å². The van der Waals surface area contributed by atoms with Crippen LogP contribution in [0.1, 0.15) is 48.2 Å². The molecule has 2 nitrogen and oxygen atoms in total. The summed E-state index contributed by atoms with van der Waals surface area (Å²) >= 11 is 6.33. The van der Waals surface area contributed by atoms with Gasteiger partial charge < -0.3 is 5.32 Å². The fraction of sp³-hybridized carbons (Fsp3) is 0.562. The lowest BCUT2D eigenvalue weighted by Gasteiger charge is -2.20. The number of amides is 1. The number of alkyl halides is 1. The maximum Gasteiger partial charge on any atom is 0.251 e. The predicted molar refractivity (Wildman–Crippen MR) is 82.0 cm³/mol. The number of benzene rings is 1.